The van der Waals surface area contributed by atoms with Gasteiger partial charge in [0.1, 0.15) is 11.6 Å². The highest BCUT2D eigenvalue weighted by molar-refractivity contribution is 9.10. The molecule has 3 amide bonds. The molecule has 0 unspecified atom stereocenters. The third-order valence-electron chi connectivity index (χ3n) is 4.75. The standard InChI is InChI=1S/C25H22BrFN4O4/c1-15-4-3-5-16(2)23(15)30-24(33)25(34)31-28-13-17-12-18(26)6-11-21(17)35-14-22(32)29-20-9-7-19(27)8-10-20/h3-13H,14H2,1-2H3,(H,29,32)(H,30,33)(H,31,34)/b28-13-. The van der Waals surface area contributed by atoms with Crippen molar-refractivity contribution in [2.24, 2.45) is 5.10 Å². The van der Waals surface area contributed by atoms with E-state index in [1.54, 1.807) is 18.2 Å². The summed E-state index contributed by atoms with van der Waals surface area (Å²) >= 11 is 3.34. The van der Waals surface area contributed by atoms with Crippen LogP contribution in [-0.4, -0.2) is 30.5 Å². The molecule has 3 rings (SSSR count). The Kier molecular flexibility index (Phi) is 8.69. The van der Waals surface area contributed by atoms with E-state index in [0.717, 1.165) is 11.1 Å². The van der Waals surface area contributed by atoms with Crippen molar-refractivity contribution in [3.8, 4) is 5.75 Å². The summed E-state index contributed by atoms with van der Waals surface area (Å²) in [5.74, 6) is -2.34. The van der Waals surface area contributed by atoms with E-state index in [9.17, 15) is 18.8 Å². The van der Waals surface area contributed by atoms with Crippen molar-refractivity contribution < 1.29 is 23.5 Å². The van der Waals surface area contributed by atoms with Crippen molar-refractivity contribution in [3.63, 3.8) is 0 Å². The highest BCUT2D eigenvalue weighted by atomic mass is 79.9. The molecule has 0 aliphatic rings. The van der Waals surface area contributed by atoms with E-state index >= 15 is 0 Å². The molecule has 3 N–H and O–H groups in total. The summed E-state index contributed by atoms with van der Waals surface area (Å²) in [5.41, 5.74) is 5.28. The fourth-order valence-electron chi connectivity index (χ4n) is 3.02. The molecule has 0 aliphatic carbocycles. The van der Waals surface area contributed by atoms with Gasteiger partial charge in [-0.25, -0.2) is 9.82 Å². The number of nitrogens with one attached hydrogen (secondary N) is 3. The zero-order chi connectivity index (χ0) is 25.4. The Hall–Kier alpha value is -4.05. The van der Waals surface area contributed by atoms with E-state index < -0.39 is 23.5 Å². The van der Waals surface area contributed by atoms with Crippen LogP contribution in [0.5, 0.6) is 5.75 Å². The zero-order valence-electron chi connectivity index (χ0n) is 18.9. The third kappa shape index (κ3) is 7.47. The quantitative estimate of drug-likeness (QED) is 0.235. The van der Waals surface area contributed by atoms with Gasteiger partial charge < -0.3 is 15.4 Å². The Morgan fingerprint density at radius 1 is 0.971 bits per heavy atom. The number of hydrogen-bond donors (Lipinski definition) is 3. The SMILES string of the molecule is Cc1cccc(C)c1NC(=O)C(=O)N/N=C\c1cc(Br)ccc1OCC(=O)Nc1ccc(F)cc1. The average molecular weight is 541 g/mol. The first kappa shape index (κ1) is 25.6. The molecule has 0 heterocycles. The highest BCUT2D eigenvalue weighted by Gasteiger charge is 2.15. The van der Waals surface area contributed by atoms with Gasteiger partial charge in [-0.05, 0) is 67.4 Å². The predicted molar refractivity (Wildman–Crippen MR) is 135 cm³/mol. The first-order chi connectivity index (χ1) is 16.7. The molecule has 3 aromatic carbocycles. The molecule has 0 aromatic heterocycles. The maximum Gasteiger partial charge on any atom is 0.329 e. The molecule has 0 bridgehead atoms. The number of amides is 3. The lowest BCUT2D eigenvalue weighted by atomic mass is 10.1. The number of hydrazone groups is 1. The lowest BCUT2D eigenvalue weighted by Gasteiger charge is -2.11. The summed E-state index contributed by atoms with van der Waals surface area (Å²) in [5, 5.41) is 9.01. The second-order valence-corrected chi connectivity index (χ2v) is 8.36. The molecular formula is C25H22BrFN4O4. The molecule has 35 heavy (non-hydrogen) atoms. The Morgan fingerprint density at radius 2 is 1.66 bits per heavy atom. The predicted octanol–water partition coefficient (Wildman–Crippen LogP) is 4.31. The van der Waals surface area contributed by atoms with Crippen LogP contribution < -0.4 is 20.8 Å². The summed E-state index contributed by atoms with van der Waals surface area (Å²) in [7, 11) is 0. The summed E-state index contributed by atoms with van der Waals surface area (Å²) < 4.78 is 19.3. The van der Waals surface area contributed by atoms with E-state index in [0.29, 0.717) is 27.2 Å². The second kappa shape index (κ2) is 11.9. The molecule has 0 saturated carbocycles. The van der Waals surface area contributed by atoms with Crippen LogP contribution in [0.2, 0.25) is 0 Å². The molecule has 180 valence electrons. The van der Waals surface area contributed by atoms with Gasteiger partial charge in [0.05, 0.1) is 6.21 Å². The summed E-state index contributed by atoms with van der Waals surface area (Å²) in [4.78, 5) is 36.6. The van der Waals surface area contributed by atoms with Crippen molar-refractivity contribution >= 4 is 51.2 Å². The summed E-state index contributed by atoms with van der Waals surface area (Å²) in [6.07, 6.45) is 1.29. The maximum absolute atomic E-state index is 13.0. The van der Waals surface area contributed by atoms with Gasteiger partial charge in [0, 0.05) is 21.4 Å². The number of para-hydroxylation sites is 1. The minimum absolute atomic E-state index is 0.315. The number of ether oxygens (including phenoxy) is 1. The van der Waals surface area contributed by atoms with E-state index in [1.165, 1.54) is 30.5 Å². The van der Waals surface area contributed by atoms with Gasteiger partial charge in [-0.3, -0.25) is 14.4 Å². The Morgan fingerprint density at radius 3 is 2.34 bits per heavy atom. The fraction of sp³-hybridized carbons (Fsp3) is 0.120. The minimum atomic E-state index is -0.944. The molecule has 0 aliphatic heterocycles. The molecule has 10 heteroatoms. The number of aryl methyl sites for hydroxylation is 2. The van der Waals surface area contributed by atoms with E-state index in [1.807, 2.05) is 32.0 Å². The fourth-order valence-corrected chi connectivity index (χ4v) is 3.40. The molecule has 0 fully saturated rings. The molecular weight excluding hydrogens is 519 g/mol. The van der Waals surface area contributed by atoms with Gasteiger partial charge in [-0.15, -0.1) is 0 Å². The van der Waals surface area contributed by atoms with Crippen LogP contribution in [0.15, 0.2) is 70.2 Å². The second-order valence-electron chi connectivity index (χ2n) is 7.45. The van der Waals surface area contributed by atoms with Crippen molar-refractivity contribution in [2.45, 2.75) is 13.8 Å². The number of carbonyl (C=O) groups is 3. The molecule has 3 aromatic rings. The smallest absolute Gasteiger partial charge is 0.329 e. The van der Waals surface area contributed by atoms with Gasteiger partial charge in [-0.1, -0.05) is 34.1 Å². The van der Waals surface area contributed by atoms with E-state index in [4.69, 9.17) is 4.74 Å². The molecule has 0 spiro atoms. The van der Waals surface area contributed by atoms with Crippen LogP contribution >= 0.6 is 15.9 Å². The molecule has 0 atom stereocenters. The van der Waals surface area contributed by atoms with Gasteiger partial charge >= 0.3 is 11.8 Å². The van der Waals surface area contributed by atoms with Gasteiger partial charge in [-0.2, -0.15) is 5.10 Å². The number of carbonyl (C=O) groups excluding carboxylic acids is 3. The summed E-state index contributed by atoms with van der Waals surface area (Å²) in [6, 6.07) is 15.8. The molecule has 0 saturated heterocycles. The van der Waals surface area contributed by atoms with Crippen LogP contribution in [0.4, 0.5) is 15.8 Å². The van der Waals surface area contributed by atoms with Crippen LogP contribution in [0.3, 0.4) is 0 Å². The molecule has 0 radical (unpaired) electrons. The highest BCUT2D eigenvalue weighted by Crippen LogP contribution is 2.22. The third-order valence-corrected chi connectivity index (χ3v) is 5.25. The maximum atomic E-state index is 13.0. The van der Waals surface area contributed by atoms with Gasteiger partial charge in [0.2, 0.25) is 0 Å². The van der Waals surface area contributed by atoms with Crippen LogP contribution in [-0.2, 0) is 14.4 Å². The average Bonchev–Trinajstić information content (AvgIpc) is 2.82. The number of anilines is 2. The van der Waals surface area contributed by atoms with Crippen molar-refractivity contribution in [1.82, 2.24) is 5.43 Å². The van der Waals surface area contributed by atoms with Crippen molar-refractivity contribution in [2.75, 3.05) is 17.2 Å². The lowest BCUT2D eigenvalue weighted by Crippen LogP contribution is -2.32. The largest absolute Gasteiger partial charge is 0.483 e. The number of halogens is 2. The first-order valence-electron chi connectivity index (χ1n) is 10.4. The Labute approximate surface area is 209 Å². The number of rotatable bonds is 7. The minimum Gasteiger partial charge on any atom is -0.483 e. The Balaban J connectivity index is 1.59. The normalized spacial score (nSPS) is 10.6. The topological polar surface area (TPSA) is 109 Å². The van der Waals surface area contributed by atoms with Gasteiger partial charge in [0.25, 0.3) is 5.91 Å². The lowest BCUT2D eigenvalue weighted by molar-refractivity contribution is -0.136. The van der Waals surface area contributed by atoms with E-state index in [-0.39, 0.29) is 6.61 Å². The van der Waals surface area contributed by atoms with Crippen molar-refractivity contribution in [3.05, 3.63) is 87.6 Å². The number of benzene rings is 3. The van der Waals surface area contributed by atoms with Crippen LogP contribution in [0.1, 0.15) is 16.7 Å². The van der Waals surface area contributed by atoms with Gasteiger partial charge in [0.15, 0.2) is 6.61 Å². The zero-order valence-corrected chi connectivity index (χ0v) is 20.5. The van der Waals surface area contributed by atoms with Crippen molar-refractivity contribution in [1.29, 1.82) is 0 Å². The molecule has 8 nitrogen and oxygen atoms in total. The number of hydrogen-bond acceptors (Lipinski definition) is 5. The number of nitrogens with zero attached hydrogens (tertiary/aromatic N) is 1. The van der Waals surface area contributed by atoms with Crippen LogP contribution in [0.25, 0.3) is 0 Å². The first-order valence-corrected chi connectivity index (χ1v) is 11.2. The monoisotopic (exact) mass is 540 g/mol. The summed E-state index contributed by atoms with van der Waals surface area (Å²) in [6.45, 7) is 3.34. The van der Waals surface area contributed by atoms with E-state index in [2.05, 4.69) is 37.1 Å². The Bertz CT molecular complexity index is 1260. The van der Waals surface area contributed by atoms with Crippen LogP contribution in [0, 0.1) is 19.7 Å².